The van der Waals surface area contributed by atoms with E-state index in [1.165, 1.54) is 0 Å². The molecule has 0 bridgehead atoms. The number of nitrogens with one attached hydrogen (secondary N) is 2. The van der Waals surface area contributed by atoms with E-state index in [2.05, 4.69) is 26.6 Å². The highest BCUT2D eigenvalue weighted by atomic mass is 79.9. The fourth-order valence-electron chi connectivity index (χ4n) is 1.76. The maximum atomic E-state index is 12.3. The van der Waals surface area contributed by atoms with Gasteiger partial charge >= 0.3 is 0 Å². The molecule has 1 amide bonds. The fourth-order valence-corrected chi connectivity index (χ4v) is 2.54. The number of carbonyl (C=O) groups is 1. The summed E-state index contributed by atoms with van der Waals surface area (Å²) in [6, 6.07) is 13.7. The van der Waals surface area contributed by atoms with E-state index in [0.29, 0.717) is 16.3 Å². The second-order valence-corrected chi connectivity index (χ2v) is 8.33. The second kappa shape index (κ2) is 7.95. The molecule has 0 radical (unpaired) electrons. The van der Waals surface area contributed by atoms with Crippen LogP contribution in [0.25, 0.3) is 0 Å². The van der Waals surface area contributed by atoms with Crippen LogP contribution in [0.3, 0.4) is 0 Å². The predicted molar refractivity (Wildman–Crippen MR) is 101 cm³/mol. The minimum atomic E-state index is -1.76. The average molecular weight is 457 g/mol. The van der Waals surface area contributed by atoms with Crippen LogP contribution in [0.1, 0.15) is 10.4 Å². The van der Waals surface area contributed by atoms with Gasteiger partial charge in [-0.1, -0.05) is 68.4 Å². The number of hydrogen-bond donors (Lipinski definition) is 2. The zero-order valence-electron chi connectivity index (χ0n) is 11.5. The van der Waals surface area contributed by atoms with Gasteiger partial charge in [0.2, 0.25) is 3.79 Å². The molecule has 0 fully saturated rings. The van der Waals surface area contributed by atoms with Gasteiger partial charge in [-0.05, 0) is 42.5 Å². The lowest BCUT2D eigenvalue weighted by Gasteiger charge is -2.27. The molecule has 2 aromatic carbocycles. The quantitative estimate of drug-likeness (QED) is 0.461. The highest BCUT2D eigenvalue weighted by Crippen LogP contribution is 2.31. The van der Waals surface area contributed by atoms with Crippen LogP contribution >= 0.6 is 62.3 Å². The van der Waals surface area contributed by atoms with Crippen LogP contribution in [0, 0.1) is 0 Å². The van der Waals surface area contributed by atoms with Gasteiger partial charge in [0.1, 0.15) is 6.17 Å². The fraction of sp³-hybridized carbons (Fsp3) is 0.133. The van der Waals surface area contributed by atoms with Crippen LogP contribution in [0.2, 0.25) is 5.02 Å². The average Bonchev–Trinajstić information content (AvgIpc) is 2.46. The Labute approximate surface area is 162 Å². The molecule has 0 aliphatic rings. The van der Waals surface area contributed by atoms with Gasteiger partial charge in [-0.15, -0.1) is 0 Å². The zero-order chi connectivity index (χ0) is 17.0. The molecule has 3 nitrogen and oxygen atoms in total. The van der Waals surface area contributed by atoms with Crippen molar-refractivity contribution in [2.24, 2.45) is 0 Å². The minimum absolute atomic E-state index is 0.372. The van der Waals surface area contributed by atoms with E-state index in [4.69, 9.17) is 46.4 Å². The summed E-state index contributed by atoms with van der Waals surface area (Å²) in [7, 11) is 0. The molecule has 0 heterocycles. The van der Waals surface area contributed by atoms with Gasteiger partial charge in [-0.3, -0.25) is 4.79 Å². The lowest BCUT2D eigenvalue weighted by atomic mass is 10.2. The Hall–Kier alpha value is -0.650. The second-order valence-electron chi connectivity index (χ2n) is 4.61. The Morgan fingerprint density at radius 2 is 1.74 bits per heavy atom. The van der Waals surface area contributed by atoms with E-state index in [0.717, 1.165) is 4.47 Å². The number of amides is 1. The van der Waals surface area contributed by atoms with E-state index in [1.54, 1.807) is 48.5 Å². The van der Waals surface area contributed by atoms with Crippen LogP contribution in [0.5, 0.6) is 0 Å². The largest absolute Gasteiger partial charge is 0.362 e. The molecule has 1 atom stereocenters. The van der Waals surface area contributed by atoms with E-state index in [1.807, 2.05) is 0 Å². The Morgan fingerprint density at radius 1 is 1.09 bits per heavy atom. The summed E-state index contributed by atoms with van der Waals surface area (Å²) in [5.41, 5.74) is 1.06. The van der Waals surface area contributed by atoms with Gasteiger partial charge in [0.15, 0.2) is 0 Å². The molecule has 0 aliphatic heterocycles. The third-order valence-corrected chi connectivity index (χ3v) is 4.26. The number of alkyl halides is 3. The van der Waals surface area contributed by atoms with E-state index >= 15 is 0 Å². The van der Waals surface area contributed by atoms with Gasteiger partial charge in [0.25, 0.3) is 5.91 Å². The smallest absolute Gasteiger partial charge is 0.252 e. The monoisotopic (exact) mass is 454 g/mol. The number of halogens is 5. The minimum Gasteiger partial charge on any atom is -0.362 e. The molecule has 2 aromatic rings. The van der Waals surface area contributed by atoms with Crippen LogP contribution < -0.4 is 10.6 Å². The number of carbonyl (C=O) groups excluding carboxylic acids is 1. The molecule has 0 saturated carbocycles. The zero-order valence-corrected chi connectivity index (χ0v) is 16.1. The molecule has 0 aromatic heterocycles. The van der Waals surface area contributed by atoms with E-state index in [-0.39, 0.29) is 5.91 Å². The maximum Gasteiger partial charge on any atom is 0.252 e. The lowest BCUT2D eigenvalue weighted by molar-refractivity contribution is 0.0942. The molecule has 0 spiro atoms. The Kier molecular flexibility index (Phi) is 6.46. The molecule has 8 heteroatoms. The van der Waals surface area contributed by atoms with Gasteiger partial charge in [-0.25, -0.2) is 0 Å². The van der Waals surface area contributed by atoms with Crippen LogP contribution in [0.15, 0.2) is 53.0 Å². The molecule has 23 heavy (non-hydrogen) atoms. The maximum absolute atomic E-state index is 12.3. The van der Waals surface area contributed by atoms with E-state index < -0.39 is 9.96 Å². The number of anilines is 1. The van der Waals surface area contributed by atoms with Crippen molar-refractivity contribution in [3.8, 4) is 0 Å². The Morgan fingerprint density at radius 3 is 2.30 bits per heavy atom. The summed E-state index contributed by atoms with van der Waals surface area (Å²) in [5.74, 6) is -0.372. The molecular formula is C15H11BrCl4N2O. The van der Waals surface area contributed by atoms with Crippen molar-refractivity contribution < 1.29 is 4.79 Å². The molecule has 0 aliphatic carbocycles. The first-order valence-electron chi connectivity index (χ1n) is 6.41. The van der Waals surface area contributed by atoms with Crippen molar-refractivity contribution in [3.05, 3.63) is 63.6 Å². The standard InChI is InChI=1S/C15H11BrCl4N2O/c16-10-6-4-9(5-7-10)13(23)22-14(15(18,19)20)21-12-3-1-2-11(17)8-12/h1-8,14,21H,(H,22,23)/t14-/m0/s1. The first-order chi connectivity index (χ1) is 10.8. The molecule has 2 rings (SSSR count). The molecule has 0 unspecified atom stereocenters. The number of rotatable bonds is 4. The Balaban J connectivity index is 2.16. The third-order valence-electron chi connectivity index (χ3n) is 2.84. The van der Waals surface area contributed by atoms with Gasteiger partial charge in [0, 0.05) is 20.7 Å². The van der Waals surface area contributed by atoms with Gasteiger partial charge in [0.05, 0.1) is 0 Å². The van der Waals surface area contributed by atoms with Crippen LogP contribution in [-0.2, 0) is 0 Å². The summed E-state index contributed by atoms with van der Waals surface area (Å²) >= 11 is 27.1. The van der Waals surface area contributed by atoms with Crippen LogP contribution in [0.4, 0.5) is 5.69 Å². The Bertz CT molecular complexity index is 689. The van der Waals surface area contributed by atoms with Crippen LogP contribution in [-0.4, -0.2) is 15.9 Å². The SMILES string of the molecule is O=C(N[C@H](Nc1cccc(Cl)c1)C(Cl)(Cl)Cl)c1ccc(Br)cc1. The topological polar surface area (TPSA) is 41.1 Å². The van der Waals surface area contributed by atoms with Gasteiger partial charge < -0.3 is 10.6 Å². The van der Waals surface area contributed by atoms with Crippen molar-refractivity contribution in [2.75, 3.05) is 5.32 Å². The van der Waals surface area contributed by atoms with Crippen molar-refractivity contribution in [1.82, 2.24) is 5.32 Å². The summed E-state index contributed by atoms with van der Waals surface area (Å²) in [4.78, 5) is 12.3. The number of hydrogen-bond acceptors (Lipinski definition) is 2. The first-order valence-corrected chi connectivity index (χ1v) is 8.71. The molecular weight excluding hydrogens is 446 g/mol. The molecule has 122 valence electrons. The van der Waals surface area contributed by atoms with Crippen molar-refractivity contribution >= 4 is 73.9 Å². The van der Waals surface area contributed by atoms with E-state index in [9.17, 15) is 4.79 Å². The summed E-state index contributed by atoms with van der Waals surface area (Å²) in [6.07, 6.45) is -0.942. The lowest BCUT2D eigenvalue weighted by Crippen LogP contribution is -2.49. The predicted octanol–water partition coefficient (Wildman–Crippen LogP) is 5.64. The highest BCUT2D eigenvalue weighted by Gasteiger charge is 2.34. The van der Waals surface area contributed by atoms with Crippen molar-refractivity contribution in [2.45, 2.75) is 9.96 Å². The summed E-state index contributed by atoms with van der Waals surface area (Å²) in [6.45, 7) is 0. The summed E-state index contributed by atoms with van der Waals surface area (Å²) in [5, 5.41) is 6.13. The highest BCUT2D eigenvalue weighted by molar-refractivity contribution is 9.10. The van der Waals surface area contributed by atoms with Gasteiger partial charge in [-0.2, -0.15) is 0 Å². The normalized spacial score (nSPS) is 12.6. The first kappa shape index (κ1) is 18.7. The third kappa shape index (κ3) is 5.73. The molecule has 0 saturated heterocycles. The van der Waals surface area contributed by atoms with Crippen molar-refractivity contribution in [1.29, 1.82) is 0 Å². The number of benzene rings is 2. The van der Waals surface area contributed by atoms with Crippen molar-refractivity contribution in [3.63, 3.8) is 0 Å². The summed E-state index contributed by atoms with van der Waals surface area (Å²) < 4.78 is -0.892. The molecule has 2 N–H and O–H groups in total.